The largest absolute Gasteiger partial charge is 0.345 e. The predicted octanol–water partition coefficient (Wildman–Crippen LogP) is 2.72. The van der Waals surface area contributed by atoms with Gasteiger partial charge in [0.1, 0.15) is 5.69 Å². The van der Waals surface area contributed by atoms with Crippen LogP contribution in [0.15, 0.2) is 60.7 Å². The molecule has 27 heavy (non-hydrogen) atoms. The molecule has 5 nitrogen and oxygen atoms in total. The maximum absolute atomic E-state index is 12.2. The third-order valence-corrected chi connectivity index (χ3v) is 3.94. The summed E-state index contributed by atoms with van der Waals surface area (Å²) in [4.78, 5) is 29.9. The van der Waals surface area contributed by atoms with Crippen LogP contribution in [-0.2, 0) is 0 Å². The fourth-order valence-corrected chi connectivity index (χ4v) is 2.51. The zero-order chi connectivity index (χ0) is 19.2. The van der Waals surface area contributed by atoms with Crippen LogP contribution in [0.2, 0.25) is 0 Å². The van der Waals surface area contributed by atoms with Crippen LogP contribution < -0.4 is 5.32 Å². The Labute approximate surface area is 158 Å². The summed E-state index contributed by atoms with van der Waals surface area (Å²) >= 11 is 0. The summed E-state index contributed by atoms with van der Waals surface area (Å²) in [6.45, 7) is 0.214. The summed E-state index contributed by atoms with van der Waals surface area (Å²) in [7, 11) is 3.42. The number of benzene rings is 2. The minimum absolute atomic E-state index is 0.0512. The van der Waals surface area contributed by atoms with E-state index in [-0.39, 0.29) is 18.4 Å². The molecule has 134 valence electrons. The molecule has 5 heteroatoms. The molecule has 3 rings (SSSR count). The van der Waals surface area contributed by atoms with Gasteiger partial charge in [-0.15, -0.1) is 0 Å². The molecule has 1 aromatic heterocycles. The second-order valence-corrected chi connectivity index (χ2v) is 6.15. The minimum atomic E-state index is -0.262. The Balaban J connectivity index is 1.59. The third-order valence-electron chi connectivity index (χ3n) is 3.94. The Morgan fingerprint density at radius 2 is 1.74 bits per heavy atom. The molecule has 0 aliphatic heterocycles. The van der Waals surface area contributed by atoms with Crippen LogP contribution >= 0.6 is 0 Å². The molecule has 0 saturated carbocycles. The molecule has 1 N–H and O–H groups in total. The van der Waals surface area contributed by atoms with Gasteiger partial charge in [0.15, 0.2) is 0 Å². The van der Waals surface area contributed by atoms with Crippen LogP contribution in [0.1, 0.15) is 26.4 Å². The number of amides is 2. The van der Waals surface area contributed by atoms with E-state index in [9.17, 15) is 9.59 Å². The molecule has 1 heterocycles. The van der Waals surface area contributed by atoms with Crippen molar-refractivity contribution >= 4 is 22.7 Å². The van der Waals surface area contributed by atoms with E-state index in [4.69, 9.17) is 0 Å². The van der Waals surface area contributed by atoms with Gasteiger partial charge < -0.3 is 10.2 Å². The number of pyridine rings is 1. The van der Waals surface area contributed by atoms with Crippen molar-refractivity contribution in [3.05, 3.63) is 77.5 Å². The molecule has 2 aromatic carbocycles. The SMILES string of the molecule is CN(C)C(=O)c1ccc(C#CCNC(=O)c2ccc3ccccc3n2)cc1. The lowest BCUT2D eigenvalue weighted by atomic mass is 10.1. The van der Waals surface area contributed by atoms with E-state index in [0.717, 1.165) is 16.5 Å². The number of hydrogen-bond donors (Lipinski definition) is 1. The first-order valence-corrected chi connectivity index (χ1v) is 8.49. The van der Waals surface area contributed by atoms with Crippen molar-refractivity contribution in [3.8, 4) is 11.8 Å². The highest BCUT2D eigenvalue weighted by atomic mass is 16.2. The number of nitrogens with zero attached hydrogens (tertiary/aromatic N) is 2. The average Bonchev–Trinajstić information content (AvgIpc) is 2.70. The van der Waals surface area contributed by atoms with Gasteiger partial charge in [0.05, 0.1) is 12.1 Å². The second kappa shape index (κ2) is 8.15. The summed E-state index contributed by atoms with van der Waals surface area (Å²) < 4.78 is 0. The highest BCUT2D eigenvalue weighted by molar-refractivity contribution is 5.95. The Morgan fingerprint density at radius 1 is 1.00 bits per heavy atom. The van der Waals surface area contributed by atoms with Crippen molar-refractivity contribution in [2.24, 2.45) is 0 Å². The van der Waals surface area contributed by atoms with Gasteiger partial charge in [-0.05, 0) is 36.4 Å². The molecule has 2 amide bonds. The van der Waals surface area contributed by atoms with Gasteiger partial charge in [-0.2, -0.15) is 0 Å². The highest BCUT2D eigenvalue weighted by Crippen LogP contribution is 2.11. The van der Waals surface area contributed by atoms with Crippen LogP contribution in [0.5, 0.6) is 0 Å². The standard InChI is InChI=1S/C22H19N3O2/c1-25(2)22(27)18-11-9-16(10-12-18)6-5-15-23-21(26)20-14-13-17-7-3-4-8-19(17)24-20/h3-4,7-14H,15H2,1-2H3,(H,23,26). The Bertz CT molecular complexity index is 1040. The van der Waals surface area contributed by atoms with Crippen molar-refractivity contribution in [3.63, 3.8) is 0 Å². The first-order valence-electron chi connectivity index (χ1n) is 8.49. The summed E-state index contributed by atoms with van der Waals surface area (Å²) in [5, 5.41) is 3.73. The van der Waals surface area contributed by atoms with E-state index in [1.165, 1.54) is 4.90 Å². The van der Waals surface area contributed by atoms with Gasteiger partial charge in [-0.1, -0.05) is 36.1 Å². The molecular formula is C22H19N3O2. The molecular weight excluding hydrogens is 338 g/mol. The van der Waals surface area contributed by atoms with Gasteiger partial charge in [-0.25, -0.2) is 4.98 Å². The lowest BCUT2D eigenvalue weighted by Crippen LogP contribution is -2.24. The van der Waals surface area contributed by atoms with Crippen LogP contribution in [0, 0.1) is 11.8 Å². The van der Waals surface area contributed by atoms with Crippen molar-refractivity contribution in [2.75, 3.05) is 20.6 Å². The predicted molar refractivity (Wildman–Crippen MR) is 105 cm³/mol. The number of rotatable bonds is 3. The number of aromatic nitrogens is 1. The highest BCUT2D eigenvalue weighted by Gasteiger charge is 2.07. The van der Waals surface area contributed by atoms with Gasteiger partial charge in [-0.3, -0.25) is 9.59 Å². The van der Waals surface area contributed by atoms with Crippen LogP contribution in [0.3, 0.4) is 0 Å². The fourth-order valence-electron chi connectivity index (χ4n) is 2.51. The molecule has 0 atom stereocenters. The van der Waals surface area contributed by atoms with Crippen molar-refractivity contribution in [2.45, 2.75) is 0 Å². The van der Waals surface area contributed by atoms with E-state index in [1.54, 1.807) is 44.4 Å². The Morgan fingerprint density at radius 3 is 2.48 bits per heavy atom. The maximum Gasteiger partial charge on any atom is 0.270 e. The smallest absolute Gasteiger partial charge is 0.270 e. The molecule has 0 aliphatic carbocycles. The topological polar surface area (TPSA) is 62.3 Å². The molecule has 0 aliphatic rings. The Hall–Kier alpha value is -3.65. The van der Waals surface area contributed by atoms with E-state index in [0.29, 0.717) is 11.3 Å². The summed E-state index contributed by atoms with van der Waals surface area (Å²) in [6, 6.07) is 18.3. The summed E-state index contributed by atoms with van der Waals surface area (Å²) in [5.74, 6) is 5.56. The third kappa shape index (κ3) is 4.50. The van der Waals surface area contributed by atoms with Crippen molar-refractivity contribution in [1.82, 2.24) is 15.2 Å². The zero-order valence-electron chi connectivity index (χ0n) is 15.2. The van der Waals surface area contributed by atoms with Crippen LogP contribution in [0.4, 0.5) is 0 Å². The average molecular weight is 357 g/mol. The molecule has 0 unspecified atom stereocenters. The van der Waals surface area contributed by atoms with E-state index in [2.05, 4.69) is 22.1 Å². The van der Waals surface area contributed by atoms with Crippen LogP contribution in [-0.4, -0.2) is 42.3 Å². The lowest BCUT2D eigenvalue weighted by molar-refractivity contribution is 0.0827. The first-order chi connectivity index (χ1) is 13.0. The quantitative estimate of drug-likeness (QED) is 0.733. The van der Waals surface area contributed by atoms with Gasteiger partial charge in [0, 0.05) is 30.6 Å². The van der Waals surface area contributed by atoms with E-state index >= 15 is 0 Å². The monoisotopic (exact) mass is 357 g/mol. The second-order valence-electron chi connectivity index (χ2n) is 6.15. The van der Waals surface area contributed by atoms with Crippen molar-refractivity contribution < 1.29 is 9.59 Å². The van der Waals surface area contributed by atoms with Gasteiger partial charge >= 0.3 is 0 Å². The molecule has 0 fully saturated rings. The number of carbonyl (C=O) groups excluding carboxylic acids is 2. The number of para-hydroxylation sites is 1. The lowest BCUT2D eigenvalue weighted by Gasteiger charge is -2.09. The van der Waals surface area contributed by atoms with Gasteiger partial charge in [0.25, 0.3) is 11.8 Å². The molecule has 0 spiro atoms. The molecule has 0 saturated heterocycles. The molecule has 0 radical (unpaired) electrons. The Kier molecular flexibility index (Phi) is 5.48. The number of nitrogens with one attached hydrogen (secondary N) is 1. The number of carbonyl (C=O) groups is 2. The maximum atomic E-state index is 12.2. The first kappa shape index (κ1) is 18.2. The van der Waals surface area contributed by atoms with Crippen LogP contribution in [0.25, 0.3) is 10.9 Å². The fraction of sp³-hybridized carbons (Fsp3) is 0.136. The normalized spacial score (nSPS) is 10.0. The van der Waals surface area contributed by atoms with E-state index in [1.807, 2.05) is 30.3 Å². The van der Waals surface area contributed by atoms with E-state index < -0.39 is 0 Å². The van der Waals surface area contributed by atoms with Crippen molar-refractivity contribution in [1.29, 1.82) is 0 Å². The molecule has 0 bridgehead atoms. The summed E-state index contributed by atoms with van der Waals surface area (Å²) in [5.41, 5.74) is 2.54. The summed E-state index contributed by atoms with van der Waals surface area (Å²) in [6.07, 6.45) is 0. The van der Waals surface area contributed by atoms with Gasteiger partial charge in [0.2, 0.25) is 0 Å². The number of hydrogen-bond acceptors (Lipinski definition) is 3. The molecule has 3 aromatic rings. The minimum Gasteiger partial charge on any atom is -0.345 e. The zero-order valence-corrected chi connectivity index (χ0v) is 15.2. The number of fused-ring (bicyclic) bond motifs is 1.